The first-order valence-electron chi connectivity index (χ1n) is 6.17. The quantitative estimate of drug-likeness (QED) is 0.864. The number of rotatable bonds is 2. The number of hydrogen-bond acceptors (Lipinski definition) is 3. The van der Waals surface area contributed by atoms with Crippen LogP contribution in [-0.2, 0) is 4.74 Å². The Morgan fingerprint density at radius 1 is 1.50 bits per heavy atom. The molecule has 1 unspecified atom stereocenters. The van der Waals surface area contributed by atoms with E-state index in [0.717, 1.165) is 0 Å². The van der Waals surface area contributed by atoms with Crippen molar-refractivity contribution in [1.82, 2.24) is 4.90 Å². The number of carboxylic acids is 1. The Morgan fingerprint density at radius 3 is 2.90 bits per heavy atom. The number of carbonyl (C=O) groups excluding carboxylic acids is 1. The average Bonchev–Trinajstić information content (AvgIpc) is 2.41. The number of halogens is 1. The number of amides is 2. The van der Waals surface area contributed by atoms with E-state index in [1.807, 2.05) is 6.92 Å². The number of benzene rings is 1. The zero-order chi connectivity index (χ0) is 14.7. The molecule has 6 nitrogen and oxygen atoms in total. The molecule has 2 amide bonds. The molecule has 1 aliphatic rings. The number of carboxylic acid groups (broad SMARTS) is 1. The van der Waals surface area contributed by atoms with Crippen molar-refractivity contribution in [2.24, 2.45) is 0 Å². The van der Waals surface area contributed by atoms with Crippen molar-refractivity contribution in [3.05, 3.63) is 28.2 Å². The summed E-state index contributed by atoms with van der Waals surface area (Å²) in [5.74, 6) is -1.03. The summed E-state index contributed by atoms with van der Waals surface area (Å²) in [5.41, 5.74) is 0.563. The van der Waals surface area contributed by atoms with Crippen molar-refractivity contribution in [3.8, 4) is 0 Å². The number of nitrogens with one attached hydrogen (secondary N) is 1. The first kappa shape index (κ1) is 14.8. The van der Waals surface area contributed by atoms with Gasteiger partial charge in [-0.15, -0.1) is 0 Å². The molecule has 2 rings (SSSR count). The van der Waals surface area contributed by atoms with Crippen LogP contribution in [0.3, 0.4) is 0 Å². The molecule has 20 heavy (non-hydrogen) atoms. The van der Waals surface area contributed by atoms with E-state index in [9.17, 15) is 9.59 Å². The molecule has 108 valence electrons. The molecule has 0 aliphatic carbocycles. The van der Waals surface area contributed by atoms with E-state index in [2.05, 4.69) is 21.2 Å². The number of ether oxygens (including phenoxy) is 1. The molecule has 2 N–H and O–H groups in total. The minimum atomic E-state index is -1.03. The highest BCUT2D eigenvalue weighted by Gasteiger charge is 2.22. The second kappa shape index (κ2) is 6.23. The second-order valence-corrected chi connectivity index (χ2v) is 5.41. The molecule has 7 heteroatoms. The van der Waals surface area contributed by atoms with Gasteiger partial charge in [0.2, 0.25) is 0 Å². The number of carbonyl (C=O) groups is 2. The van der Waals surface area contributed by atoms with Gasteiger partial charge in [0.1, 0.15) is 0 Å². The van der Waals surface area contributed by atoms with E-state index in [-0.39, 0.29) is 17.7 Å². The summed E-state index contributed by atoms with van der Waals surface area (Å²) in [6.45, 7) is 3.44. The Labute approximate surface area is 124 Å². The van der Waals surface area contributed by atoms with E-state index >= 15 is 0 Å². The lowest BCUT2D eigenvalue weighted by Crippen LogP contribution is -2.46. The van der Waals surface area contributed by atoms with Crippen LogP contribution in [0.4, 0.5) is 10.5 Å². The highest BCUT2D eigenvalue weighted by atomic mass is 79.9. The Hall–Kier alpha value is -1.60. The summed E-state index contributed by atoms with van der Waals surface area (Å²) >= 11 is 3.29. The summed E-state index contributed by atoms with van der Waals surface area (Å²) in [4.78, 5) is 24.7. The molecule has 1 heterocycles. The first-order chi connectivity index (χ1) is 9.47. The van der Waals surface area contributed by atoms with Gasteiger partial charge < -0.3 is 20.1 Å². The lowest BCUT2D eigenvalue weighted by atomic mass is 10.2. The highest BCUT2D eigenvalue weighted by molar-refractivity contribution is 9.10. The van der Waals surface area contributed by atoms with Crippen molar-refractivity contribution in [2.45, 2.75) is 13.0 Å². The van der Waals surface area contributed by atoms with E-state index in [1.165, 1.54) is 12.1 Å². The molecule has 1 atom stereocenters. The van der Waals surface area contributed by atoms with Crippen LogP contribution in [0.5, 0.6) is 0 Å². The number of urea groups is 1. The Bertz CT molecular complexity index is 535. The highest BCUT2D eigenvalue weighted by Crippen LogP contribution is 2.24. The molecular weight excluding hydrogens is 328 g/mol. The summed E-state index contributed by atoms with van der Waals surface area (Å²) < 4.78 is 6.01. The fourth-order valence-electron chi connectivity index (χ4n) is 1.95. The summed E-state index contributed by atoms with van der Waals surface area (Å²) in [6, 6.07) is 4.23. The van der Waals surface area contributed by atoms with Crippen LogP contribution in [-0.4, -0.2) is 47.8 Å². The van der Waals surface area contributed by atoms with Gasteiger partial charge in [-0.05, 0) is 41.1 Å². The summed E-state index contributed by atoms with van der Waals surface area (Å²) in [5, 5.41) is 11.7. The van der Waals surface area contributed by atoms with Gasteiger partial charge >= 0.3 is 12.0 Å². The van der Waals surface area contributed by atoms with Crippen LogP contribution < -0.4 is 5.32 Å². The zero-order valence-electron chi connectivity index (χ0n) is 10.9. The monoisotopic (exact) mass is 342 g/mol. The number of nitrogens with zero attached hydrogens (tertiary/aromatic N) is 1. The van der Waals surface area contributed by atoms with E-state index < -0.39 is 5.97 Å². The van der Waals surface area contributed by atoms with Crippen LogP contribution in [0, 0.1) is 0 Å². The number of morpholine rings is 1. The molecule has 0 bridgehead atoms. The molecule has 1 aliphatic heterocycles. The van der Waals surface area contributed by atoms with Gasteiger partial charge in [-0.25, -0.2) is 9.59 Å². The van der Waals surface area contributed by atoms with Crippen molar-refractivity contribution < 1.29 is 19.4 Å². The van der Waals surface area contributed by atoms with Gasteiger partial charge in [0.15, 0.2) is 0 Å². The summed E-state index contributed by atoms with van der Waals surface area (Å²) in [7, 11) is 0. The minimum absolute atomic E-state index is 0.00305. The van der Waals surface area contributed by atoms with Gasteiger partial charge in [-0.1, -0.05) is 0 Å². The lowest BCUT2D eigenvalue weighted by molar-refractivity contribution is -0.00138. The van der Waals surface area contributed by atoms with Gasteiger partial charge in [0, 0.05) is 17.6 Å². The molecule has 0 spiro atoms. The molecular formula is C13H15BrN2O4. The van der Waals surface area contributed by atoms with E-state index in [1.54, 1.807) is 11.0 Å². The van der Waals surface area contributed by atoms with E-state index in [0.29, 0.717) is 29.9 Å². The maximum absolute atomic E-state index is 12.1. The van der Waals surface area contributed by atoms with Gasteiger partial charge in [-0.2, -0.15) is 0 Å². The zero-order valence-corrected chi connectivity index (χ0v) is 12.5. The largest absolute Gasteiger partial charge is 0.478 e. The topological polar surface area (TPSA) is 78.9 Å². The number of hydrogen-bond donors (Lipinski definition) is 2. The minimum Gasteiger partial charge on any atom is -0.478 e. The molecule has 1 aromatic rings. The molecule has 1 saturated heterocycles. The Balaban J connectivity index is 2.10. The van der Waals surface area contributed by atoms with Crippen molar-refractivity contribution >= 4 is 33.6 Å². The fraction of sp³-hybridized carbons (Fsp3) is 0.385. The number of aromatic carboxylic acids is 1. The van der Waals surface area contributed by atoms with Crippen molar-refractivity contribution in [1.29, 1.82) is 0 Å². The van der Waals surface area contributed by atoms with Crippen molar-refractivity contribution in [2.75, 3.05) is 25.0 Å². The first-order valence-corrected chi connectivity index (χ1v) is 6.97. The molecule has 0 aromatic heterocycles. The smallest absolute Gasteiger partial charge is 0.335 e. The maximum Gasteiger partial charge on any atom is 0.335 e. The summed E-state index contributed by atoms with van der Waals surface area (Å²) in [6.07, 6.45) is 0.00305. The van der Waals surface area contributed by atoms with Gasteiger partial charge in [0.05, 0.1) is 24.0 Å². The lowest BCUT2D eigenvalue weighted by Gasteiger charge is -2.31. The maximum atomic E-state index is 12.1. The molecule has 1 aromatic carbocycles. The third-order valence-electron chi connectivity index (χ3n) is 2.98. The standard InChI is InChI=1S/C13H15BrN2O4/c1-8-7-16(4-5-20-8)13(19)15-11-6-9(12(17)18)2-3-10(11)14/h2-3,6,8H,4-5,7H2,1H3,(H,15,19)(H,17,18). The average molecular weight is 343 g/mol. The predicted molar refractivity (Wildman–Crippen MR) is 77.1 cm³/mol. The Morgan fingerprint density at radius 2 is 2.25 bits per heavy atom. The SMILES string of the molecule is CC1CN(C(=O)Nc2cc(C(=O)O)ccc2Br)CCO1. The van der Waals surface area contributed by atoms with Crippen LogP contribution in [0.1, 0.15) is 17.3 Å². The van der Waals surface area contributed by atoms with Crippen LogP contribution >= 0.6 is 15.9 Å². The van der Waals surface area contributed by atoms with E-state index in [4.69, 9.17) is 9.84 Å². The van der Waals surface area contributed by atoms with Crippen LogP contribution in [0.25, 0.3) is 0 Å². The van der Waals surface area contributed by atoms with Crippen LogP contribution in [0.2, 0.25) is 0 Å². The molecule has 1 fully saturated rings. The normalized spacial score (nSPS) is 18.7. The van der Waals surface area contributed by atoms with Crippen molar-refractivity contribution in [3.63, 3.8) is 0 Å². The fourth-order valence-corrected chi connectivity index (χ4v) is 2.30. The van der Waals surface area contributed by atoms with Gasteiger partial charge in [-0.3, -0.25) is 0 Å². The third-order valence-corrected chi connectivity index (χ3v) is 3.67. The molecule has 0 radical (unpaired) electrons. The number of anilines is 1. The second-order valence-electron chi connectivity index (χ2n) is 4.56. The third kappa shape index (κ3) is 3.49. The molecule has 0 saturated carbocycles. The van der Waals surface area contributed by atoms with Crippen LogP contribution in [0.15, 0.2) is 22.7 Å². The Kier molecular flexibility index (Phi) is 4.61. The van der Waals surface area contributed by atoms with Gasteiger partial charge in [0.25, 0.3) is 0 Å². The predicted octanol–water partition coefficient (Wildman–Crippen LogP) is 2.40.